The van der Waals surface area contributed by atoms with E-state index in [0.29, 0.717) is 0 Å². The van der Waals surface area contributed by atoms with Crippen LogP contribution in [0.15, 0.2) is 15.9 Å². The van der Waals surface area contributed by atoms with Gasteiger partial charge in [-0.1, -0.05) is 6.92 Å². The van der Waals surface area contributed by atoms with Gasteiger partial charge in [-0.3, -0.25) is 0 Å². The Kier molecular flexibility index (Phi) is 4.23. The van der Waals surface area contributed by atoms with E-state index in [2.05, 4.69) is 39.6 Å². The largest absolute Gasteiger partial charge is 0.317 e. The molecule has 0 saturated heterocycles. The lowest BCUT2D eigenvalue weighted by Gasteiger charge is -2.36. The van der Waals surface area contributed by atoms with Crippen molar-refractivity contribution in [2.24, 2.45) is 11.8 Å². The molecule has 1 aliphatic rings. The second-order valence-electron chi connectivity index (χ2n) is 4.30. The second kappa shape index (κ2) is 5.46. The molecule has 1 aliphatic carbocycles. The average Bonchev–Trinajstić information content (AvgIpc) is 2.59. The van der Waals surface area contributed by atoms with Crippen LogP contribution >= 0.6 is 27.3 Å². The van der Waals surface area contributed by atoms with E-state index >= 15 is 0 Å². The summed E-state index contributed by atoms with van der Waals surface area (Å²) in [6, 6.07) is 2.16. The molecule has 2 atom stereocenters. The second-order valence-corrected chi connectivity index (χ2v) is 6.16. The van der Waals surface area contributed by atoms with Crippen molar-refractivity contribution in [3.05, 3.63) is 20.8 Å². The van der Waals surface area contributed by atoms with Crippen molar-refractivity contribution in [3.63, 3.8) is 0 Å². The highest BCUT2D eigenvalue weighted by molar-refractivity contribution is 9.10. The molecule has 15 heavy (non-hydrogen) atoms. The molecule has 0 aliphatic heterocycles. The first kappa shape index (κ1) is 11.6. The van der Waals surface area contributed by atoms with Crippen LogP contribution in [0.25, 0.3) is 0 Å². The van der Waals surface area contributed by atoms with Gasteiger partial charge in [-0.05, 0) is 71.6 Å². The first-order valence-electron chi connectivity index (χ1n) is 5.73. The van der Waals surface area contributed by atoms with Crippen LogP contribution in [0.4, 0.5) is 0 Å². The van der Waals surface area contributed by atoms with Crippen LogP contribution in [-0.2, 0) is 6.42 Å². The Hall–Kier alpha value is 0.140. The summed E-state index contributed by atoms with van der Waals surface area (Å²) >= 11 is 5.50. The van der Waals surface area contributed by atoms with Gasteiger partial charge in [-0.2, -0.15) is 0 Å². The summed E-state index contributed by atoms with van der Waals surface area (Å²) in [4.78, 5) is 1.53. The third-order valence-corrected chi connectivity index (χ3v) is 5.32. The number of halogens is 1. The number of thiophene rings is 1. The summed E-state index contributed by atoms with van der Waals surface area (Å²) < 4.78 is 1.31. The van der Waals surface area contributed by atoms with Crippen molar-refractivity contribution < 1.29 is 0 Å². The SMILES string of the molecule is CCNCC1CCC1Cc1sccc1Br. The molecule has 2 unspecified atom stereocenters. The van der Waals surface area contributed by atoms with Crippen LogP contribution < -0.4 is 5.32 Å². The van der Waals surface area contributed by atoms with Crippen LogP contribution in [0.2, 0.25) is 0 Å². The molecule has 0 spiro atoms. The lowest BCUT2D eigenvalue weighted by Crippen LogP contribution is -2.36. The smallest absolute Gasteiger partial charge is 0.0314 e. The molecule has 0 aromatic carbocycles. The first-order chi connectivity index (χ1) is 7.31. The zero-order valence-electron chi connectivity index (χ0n) is 9.13. The van der Waals surface area contributed by atoms with Gasteiger partial charge < -0.3 is 5.32 Å². The van der Waals surface area contributed by atoms with E-state index in [4.69, 9.17) is 0 Å². The molecule has 84 valence electrons. The first-order valence-corrected chi connectivity index (χ1v) is 7.41. The normalized spacial score (nSPS) is 25.2. The Morgan fingerprint density at radius 1 is 1.47 bits per heavy atom. The van der Waals surface area contributed by atoms with Crippen LogP contribution in [0.5, 0.6) is 0 Å². The van der Waals surface area contributed by atoms with E-state index in [0.717, 1.165) is 18.4 Å². The van der Waals surface area contributed by atoms with Gasteiger partial charge in [0.2, 0.25) is 0 Å². The Morgan fingerprint density at radius 3 is 2.80 bits per heavy atom. The van der Waals surface area contributed by atoms with Crippen molar-refractivity contribution in [2.45, 2.75) is 26.2 Å². The van der Waals surface area contributed by atoms with Gasteiger partial charge in [-0.15, -0.1) is 11.3 Å². The summed E-state index contributed by atoms with van der Waals surface area (Å²) in [6.45, 7) is 4.50. The maximum Gasteiger partial charge on any atom is 0.0314 e. The minimum atomic E-state index is 0.916. The molecular weight excluding hydrogens is 270 g/mol. The highest BCUT2D eigenvalue weighted by Gasteiger charge is 2.30. The molecule has 1 aromatic heterocycles. The number of rotatable bonds is 5. The predicted octanol–water partition coefficient (Wildman–Crippen LogP) is 3.69. The Morgan fingerprint density at radius 2 is 2.27 bits per heavy atom. The average molecular weight is 288 g/mol. The summed E-state index contributed by atoms with van der Waals surface area (Å²) in [5.74, 6) is 1.83. The zero-order valence-corrected chi connectivity index (χ0v) is 11.5. The van der Waals surface area contributed by atoms with E-state index in [-0.39, 0.29) is 0 Å². The summed E-state index contributed by atoms with van der Waals surface area (Å²) in [5.41, 5.74) is 0. The number of hydrogen-bond donors (Lipinski definition) is 1. The van der Waals surface area contributed by atoms with E-state index in [1.807, 2.05) is 11.3 Å². The molecule has 1 saturated carbocycles. The predicted molar refractivity (Wildman–Crippen MR) is 70.5 cm³/mol. The van der Waals surface area contributed by atoms with Crippen molar-refractivity contribution in [1.29, 1.82) is 0 Å². The molecule has 0 bridgehead atoms. The summed E-state index contributed by atoms with van der Waals surface area (Å²) in [5, 5.41) is 5.64. The minimum absolute atomic E-state index is 0.916. The van der Waals surface area contributed by atoms with Gasteiger partial charge in [0.05, 0.1) is 0 Å². The van der Waals surface area contributed by atoms with Crippen molar-refractivity contribution in [3.8, 4) is 0 Å². The highest BCUT2D eigenvalue weighted by atomic mass is 79.9. The fourth-order valence-electron chi connectivity index (χ4n) is 2.21. The fraction of sp³-hybridized carbons (Fsp3) is 0.667. The summed E-state index contributed by atoms with van der Waals surface area (Å²) in [6.07, 6.45) is 4.11. The molecule has 1 fully saturated rings. The quantitative estimate of drug-likeness (QED) is 0.871. The molecule has 1 nitrogen and oxygen atoms in total. The molecule has 1 N–H and O–H groups in total. The lowest BCUT2D eigenvalue weighted by molar-refractivity contribution is 0.172. The monoisotopic (exact) mass is 287 g/mol. The van der Waals surface area contributed by atoms with Crippen LogP contribution in [0, 0.1) is 11.8 Å². The van der Waals surface area contributed by atoms with Gasteiger partial charge in [-0.25, -0.2) is 0 Å². The van der Waals surface area contributed by atoms with Crippen LogP contribution in [0.3, 0.4) is 0 Å². The van der Waals surface area contributed by atoms with Crippen molar-refractivity contribution >= 4 is 27.3 Å². The minimum Gasteiger partial charge on any atom is -0.317 e. The zero-order chi connectivity index (χ0) is 10.7. The van der Waals surface area contributed by atoms with Gasteiger partial charge >= 0.3 is 0 Å². The lowest BCUT2D eigenvalue weighted by atomic mass is 9.71. The summed E-state index contributed by atoms with van der Waals surface area (Å²) in [7, 11) is 0. The van der Waals surface area contributed by atoms with E-state index in [9.17, 15) is 0 Å². The number of nitrogens with one attached hydrogen (secondary N) is 1. The van der Waals surface area contributed by atoms with Gasteiger partial charge in [0.1, 0.15) is 0 Å². The highest BCUT2D eigenvalue weighted by Crippen LogP contribution is 2.38. The van der Waals surface area contributed by atoms with Crippen molar-refractivity contribution in [2.75, 3.05) is 13.1 Å². The molecule has 2 rings (SSSR count). The van der Waals surface area contributed by atoms with Gasteiger partial charge in [0, 0.05) is 9.35 Å². The van der Waals surface area contributed by atoms with E-state index in [1.165, 1.54) is 35.2 Å². The topological polar surface area (TPSA) is 12.0 Å². The standard InChI is InChI=1S/C12H18BrNS/c1-2-14-8-10-4-3-9(10)7-12-11(13)5-6-15-12/h5-6,9-10,14H,2-4,7-8H2,1H3. The Balaban J connectivity index is 1.83. The van der Waals surface area contributed by atoms with E-state index < -0.39 is 0 Å². The third-order valence-electron chi connectivity index (χ3n) is 3.37. The fourth-order valence-corrected chi connectivity index (χ4v) is 3.82. The van der Waals surface area contributed by atoms with Gasteiger partial charge in [0.15, 0.2) is 0 Å². The van der Waals surface area contributed by atoms with Crippen LogP contribution in [-0.4, -0.2) is 13.1 Å². The third kappa shape index (κ3) is 2.83. The molecular formula is C12H18BrNS. The molecule has 1 aromatic rings. The maximum absolute atomic E-state index is 3.62. The molecule has 3 heteroatoms. The van der Waals surface area contributed by atoms with Gasteiger partial charge in [0.25, 0.3) is 0 Å². The Labute approximate surface area is 104 Å². The van der Waals surface area contributed by atoms with Crippen molar-refractivity contribution in [1.82, 2.24) is 5.32 Å². The number of hydrogen-bond acceptors (Lipinski definition) is 2. The van der Waals surface area contributed by atoms with E-state index in [1.54, 1.807) is 0 Å². The maximum atomic E-state index is 3.62. The molecule has 0 amide bonds. The Bertz CT molecular complexity index is 310. The van der Waals surface area contributed by atoms with Crippen LogP contribution in [0.1, 0.15) is 24.6 Å². The molecule has 1 heterocycles. The molecule has 0 radical (unpaired) electrons.